The third kappa shape index (κ3) is 3.22. The van der Waals surface area contributed by atoms with Crippen molar-refractivity contribution in [1.82, 2.24) is 13.7 Å². The van der Waals surface area contributed by atoms with E-state index in [9.17, 15) is 14.7 Å². The van der Waals surface area contributed by atoms with Crippen LogP contribution in [0.3, 0.4) is 0 Å². The fraction of sp³-hybridized carbons (Fsp3) is 0.250. The van der Waals surface area contributed by atoms with Gasteiger partial charge in [-0.05, 0) is 53.4 Å². The molecule has 0 unspecified atom stereocenters. The van der Waals surface area contributed by atoms with Crippen molar-refractivity contribution >= 4 is 10.9 Å². The van der Waals surface area contributed by atoms with Gasteiger partial charge in [0, 0.05) is 20.3 Å². The molecule has 160 valence electrons. The zero-order chi connectivity index (χ0) is 22.4. The van der Waals surface area contributed by atoms with Gasteiger partial charge in [-0.1, -0.05) is 19.9 Å². The van der Waals surface area contributed by atoms with E-state index < -0.39 is 5.69 Å². The molecule has 4 aromatic rings. The van der Waals surface area contributed by atoms with E-state index in [1.165, 1.54) is 11.6 Å². The first kappa shape index (κ1) is 20.5. The van der Waals surface area contributed by atoms with Gasteiger partial charge in [0.2, 0.25) is 0 Å². The number of fused-ring (bicyclic) bond motifs is 1. The molecule has 2 aromatic heterocycles. The fourth-order valence-electron chi connectivity index (χ4n) is 3.86. The van der Waals surface area contributed by atoms with Gasteiger partial charge in [0.25, 0.3) is 5.56 Å². The quantitative estimate of drug-likeness (QED) is 0.549. The summed E-state index contributed by atoms with van der Waals surface area (Å²) in [6.07, 6.45) is 1.73. The number of benzene rings is 2. The number of ether oxygens (including phenoxy) is 1. The Morgan fingerprint density at radius 1 is 0.968 bits per heavy atom. The molecular formula is C24H25N3O4. The average molecular weight is 419 g/mol. The number of methoxy groups -OCH3 is 1. The normalized spacial score (nSPS) is 11.4. The molecule has 0 spiro atoms. The maximum atomic E-state index is 13.2. The maximum absolute atomic E-state index is 13.2. The molecular weight excluding hydrogens is 394 g/mol. The zero-order valence-electron chi connectivity index (χ0n) is 18.2. The molecule has 0 aliphatic heterocycles. The predicted molar refractivity (Wildman–Crippen MR) is 121 cm³/mol. The summed E-state index contributed by atoms with van der Waals surface area (Å²) in [5.41, 5.74) is 2.66. The molecule has 2 heterocycles. The summed E-state index contributed by atoms with van der Waals surface area (Å²) >= 11 is 0. The molecule has 0 radical (unpaired) electrons. The average Bonchev–Trinajstić information content (AvgIpc) is 3.17. The Hall–Kier alpha value is -3.74. The predicted octanol–water partition coefficient (Wildman–Crippen LogP) is 3.53. The maximum Gasteiger partial charge on any atom is 0.330 e. The Balaban J connectivity index is 2.17. The highest BCUT2D eigenvalue weighted by Crippen LogP contribution is 2.35. The van der Waals surface area contributed by atoms with E-state index in [1.807, 2.05) is 36.4 Å². The first-order chi connectivity index (χ1) is 14.7. The number of hydrogen-bond donors (Lipinski definition) is 1. The highest BCUT2D eigenvalue weighted by molar-refractivity contribution is 5.95. The van der Waals surface area contributed by atoms with Crippen molar-refractivity contribution < 1.29 is 9.84 Å². The second-order valence-electron chi connectivity index (χ2n) is 7.95. The Morgan fingerprint density at radius 3 is 2.26 bits per heavy atom. The highest BCUT2D eigenvalue weighted by Gasteiger charge is 2.22. The van der Waals surface area contributed by atoms with Gasteiger partial charge in [-0.3, -0.25) is 13.9 Å². The monoisotopic (exact) mass is 419 g/mol. The topological polar surface area (TPSA) is 78.4 Å². The lowest BCUT2D eigenvalue weighted by molar-refractivity contribution is 0.415. The van der Waals surface area contributed by atoms with Crippen LogP contribution in [0, 0.1) is 0 Å². The summed E-state index contributed by atoms with van der Waals surface area (Å²) in [7, 11) is 4.70. The summed E-state index contributed by atoms with van der Waals surface area (Å²) in [5, 5.41) is 11.1. The molecule has 4 rings (SSSR count). The van der Waals surface area contributed by atoms with Crippen LogP contribution in [-0.4, -0.2) is 25.9 Å². The van der Waals surface area contributed by atoms with Crippen LogP contribution in [0.1, 0.15) is 25.3 Å². The van der Waals surface area contributed by atoms with Crippen LogP contribution >= 0.6 is 0 Å². The SMILES string of the molecule is COc1ccc(-c2c3c(=O)n(C)c(=O)n(C)c3cn2-c2cc(C(C)C)ccc2O)cc1. The van der Waals surface area contributed by atoms with Crippen LogP contribution in [0.4, 0.5) is 0 Å². The molecule has 2 aromatic carbocycles. The fourth-order valence-corrected chi connectivity index (χ4v) is 3.86. The molecule has 1 N–H and O–H groups in total. The molecule has 0 bridgehead atoms. The van der Waals surface area contributed by atoms with Crippen molar-refractivity contribution in [3.8, 4) is 28.4 Å². The molecule has 0 saturated carbocycles. The lowest BCUT2D eigenvalue weighted by Gasteiger charge is -2.15. The molecule has 0 saturated heterocycles. The van der Waals surface area contributed by atoms with Gasteiger partial charge in [-0.2, -0.15) is 0 Å². The van der Waals surface area contributed by atoms with Crippen LogP contribution < -0.4 is 16.0 Å². The van der Waals surface area contributed by atoms with Gasteiger partial charge >= 0.3 is 5.69 Å². The van der Waals surface area contributed by atoms with E-state index in [1.54, 1.807) is 31.0 Å². The van der Waals surface area contributed by atoms with E-state index in [-0.39, 0.29) is 17.2 Å². The van der Waals surface area contributed by atoms with Gasteiger partial charge in [-0.15, -0.1) is 0 Å². The third-order valence-corrected chi connectivity index (χ3v) is 5.73. The molecule has 7 nitrogen and oxygen atoms in total. The Kier molecular flexibility index (Phi) is 4.97. The molecule has 0 atom stereocenters. The smallest absolute Gasteiger partial charge is 0.330 e. The van der Waals surface area contributed by atoms with E-state index in [0.29, 0.717) is 28.0 Å². The second-order valence-corrected chi connectivity index (χ2v) is 7.95. The number of nitrogens with zero attached hydrogens (tertiary/aromatic N) is 3. The molecule has 0 aliphatic rings. The van der Waals surface area contributed by atoms with E-state index >= 15 is 0 Å². The summed E-state index contributed by atoms with van der Waals surface area (Å²) < 4.78 is 9.61. The van der Waals surface area contributed by atoms with Gasteiger partial charge in [0.15, 0.2) is 0 Å². The lowest BCUT2D eigenvalue weighted by atomic mass is 10.0. The Bertz CT molecular complexity index is 1410. The van der Waals surface area contributed by atoms with E-state index in [2.05, 4.69) is 13.8 Å². The molecule has 0 fully saturated rings. The van der Waals surface area contributed by atoms with Gasteiger partial charge in [0.05, 0.1) is 29.4 Å². The van der Waals surface area contributed by atoms with E-state index in [4.69, 9.17) is 4.74 Å². The molecule has 0 amide bonds. The molecule has 0 aliphatic carbocycles. The standard InChI is InChI=1S/C24H25N3O4/c1-14(2)16-8-11-20(28)18(12-16)27-13-19-21(23(29)26(4)24(30)25(19)3)22(27)15-6-9-17(31-5)10-7-15/h6-14,28H,1-5H3. The largest absolute Gasteiger partial charge is 0.506 e. The number of aromatic nitrogens is 3. The number of aromatic hydroxyl groups is 1. The molecule has 7 heteroatoms. The number of rotatable bonds is 4. The van der Waals surface area contributed by atoms with Crippen molar-refractivity contribution in [3.63, 3.8) is 0 Å². The van der Waals surface area contributed by atoms with Crippen molar-refractivity contribution in [2.24, 2.45) is 14.1 Å². The first-order valence-corrected chi connectivity index (χ1v) is 10.0. The van der Waals surface area contributed by atoms with Gasteiger partial charge in [0.1, 0.15) is 11.5 Å². The number of hydrogen-bond acceptors (Lipinski definition) is 4. The third-order valence-electron chi connectivity index (χ3n) is 5.73. The van der Waals surface area contributed by atoms with Crippen molar-refractivity contribution in [2.75, 3.05) is 7.11 Å². The summed E-state index contributed by atoms with van der Waals surface area (Å²) in [6.45, 7) is 4.15. The minimum Gasteiger partial charge on any atom is -0.506 e. The first-order valence-electron chi connectivity index (χ1n) is 10.0. The Morgan fingerprint density at radius 2 is 1.65 bits per heavy atom. The summed E-state index contributed by atoms with van der Waals surface area (Å²) in [6, 6.07) is 12.8. The van der Waals surface area contributed by atoms with E-state index in [0.717, 1.165) is 15.7 Å². The van der Waals surface area contributed by atoms with Crippen molar-refractivity contribution in [2.45, 2.75) is 19.8 Å². The van der Waals surface area contributed by atoms with Crippen LogP contribution in [0.25, 0.3) is 27.8 Å². The van der Waals surface area contributed by atoms with Gasteiger partial charge in [-0.25, -0.2) is 4.79 Å². The second kappa shape index (κ2) is 7.50. The van der Waals surface area contributed by atoms with Crippen LogP contribution in [-0.2, 0) is 14.1 Å². The minimum atomic E-state index is -0.406. The number of phenolic OH excluding ortho intramolecular Hbond substituents is 1. The van der Waals surface area contributed by atoms with Crippen LogP contribution in [0.5, 0.6) is 11.5 Å². The Labute approximate surface area is 179 Å². The number of phenols is 1. The minimum absolute atomic E-state index is 0.0845. The van der Waals surface area contributed by atoms with Crippen molar-refractivity contribution in [1.29, 1.82) is 0 Å². The zero-order valence-corrected chi connectivity index (χ0v) is 18.2. The lowest BCUT2D eigenvalue weighted by Crippen LogP contribution is -2.36. The summed E-state index contributed by atoms with van der Waals surface area (Å²) in [4.78, 5) is 25.7. The highest BCUT2D eigenvalue weighted by atomic mass is 16.5. The van der Waals surface area contributed by atoms with Gasteiger partial charge < -0.3 is 14.4 Å². The summed E-state index contributed by atoms with van der Waals surface area (Å²) in [5.74, 6) is 1.03. The number of aryl methyl sites for hydroxylation is 1. The van der Waals surface area contributed by atoms with Crippen LogP contribution in [0.15, 0.2) is 58.3 Å². The van der Waals surface area contributed by atoms with Crippen LogP contribution in [0.2, 0.25) is 0 Å². The van der Waals surface area contributed by atoms with Crippen molar-refractivity contribution in [3.05, 3.63) is 75.1 Å². The molecule has 31 heavy (non-hydrogen) atoms.